The molecule has 2 heterocycles. The molecule has 128 valence electrons. The Morgan fingerprint density at radius 3 is 2.31 bits per heavy atom. The van der Waals surface area contributed by atoms with E-state index in [2.05, 4.69) is 72.2 Å². The van der Waals surface area contributed by atoms with Crippen molar-refractivity contribution in [3.05, 3.63) is 84.2 Å². The van der Waals surface area contributed by atoms with Crippen LogP contribution < -0.4 is 5.73 Å². The number of aryl methyl sites for hydroxylation is 1. The fourth-order valence-corrected chi connectivity index (χ4v) is 3.26. The van der Waals surface area contributed by atoms with Gasteiger partial charge in [-0.15, -0.1) is 0 Å². The number of benzene rings is 2. The second-order valence-corrected chi connectivity index (χ2v) is 6.74. The third-order valence-corrected chi connectivity index (χ3v) is 4.78. The molecule has 0 aliphatic heterocycles. The van der Waals surface area contributed by atoms with E-state index < -0.39 is 0 Å². The van der Waals surface area contributed by atoms with Crippen LogP contribution in [0.1, 0.15) is 24.2 Å². The maximum absolute atomic E-state index is 5.00. The van der Waals surface area contributed by atoms with Gasteiger partial charge in [-0.3, -0.25) is 4.98 Å². The number of nitrogens with zero attached hydrogens (tertiary/aromatic N) is 2. The van der Waals surface area contributed by atoms with Crippen LogP contribution in [0.25, 0.3) is 33.3 Å². The molecule has 0 spiro atoms. The van der Waals surface area contributed by atoms with Crippen molar-refractivity contribution in [1.82, 2.24) is 9.97 Å². The van der Waals surface area contributed by atoms with Crippen molar-refractivity contribution in [3.63, 3.8) is 0 Å². The van der Waals surface area contributed by atoms with Crippen molar-refractivity contribution in [2.45, 2.75) is 19.9 Å². The van der Waals surface area contributed by atoms with E-state index in [1.54, 1.807) is 0 Å². The molecule has 2 aromatic heterocycles. The summed E-state index contributed by atoms with van der Waals surface area (Å²) >= 11 is 0. The summed E-state index contributed by atoms with van der Waals surface area (Å²) in [5, 5.41) is 1.10. The van der Waals surface area contributed by atoms with E-state index in [1.807, 2.05) is 25.3 Å². The lowest BCUT2D eigenvalue weighted by Gasteiger charge is -2.13. The normalized spacial score (nSPS) is 12.3. The van der Waals surface area contributed by atoms with Crippen LogP contribution in [0, 0.1) is 6.92 Å². The largest absolute Gasteiger partial charge is 0.352 e. The Kier molecular flexibility index (Phi) is 4.23. The van der Waals surface area contributed by atoms with Crippen molar-refractivity contribution in [1.29, 1.82) is 0 Å². The van der Waals surface area contributed by atoms with E-state index in [9.17, 15) is 0 Å². The molecule has 4 rings (SSSR count). The van der Waals surface area contributed by atoms with Crippen LogP contribution in [0.4, 0.5) is 0 Å². The topological polar surface area (TPSA) is 53.4 Å². The molecule has 3 nitrogen and oxygen atoms in total. The Morgan fingerprint density at radius 2 is 1.62 bits per heavy atom. The monoisotopic (exact) mass is 340 g/mol. The predicted molar refractivity (Wildman–Crippen MR) is 106 cm³/mol. The first-order chi connectivity index (χ1) is 12.6. The molecule has 0 aliphatic rings. The Hall–Kier alpha value is -3.04. The SMILES string of the molecule is Cc1nccc2nc(-c3ccc(C(C)[NH3+])cc3)c(-c3ccccc3)cc12. The second-order valence-electron chi connectivity index (χ2n) is 6.74. The van der Waals surface area contributed by atoms with Crippen LogP contribution in [0.15, 0.2) is 72.9 Å². The van der Waals surface area contributed by atoms with E-state index in [1.165, 1.54) is 5.56 Å². The average Bonchev–Trinajstić information content (AvgIpc) is 2.68. The van der Waals surface area contributed by atoms with Gasteiger partial charge in [-0.1, -0.05) is 54.6 Å². The lowest BCUT2D eigenvalue weighted by Crippen LogP contribution is -2.51. The van der Waals surface area contributed by atoms with Crippen molar-refractivity contribution in [2.75, 3.05) is 0 Å². The van der Waals surface area contributed by atoms with Crippen LogP contribution in [-0.2, 0) is 0 Å². The predicted octanol–water partition coefficient (Wildman–Crippen LogP) is 4.58. The molecular formula is C23H22N3+. The van der Waals surface area contributed by atoms with Gasteiger partial charge < -0.3 is 5.73 Å². The highest BCUT2D eigenvalue weighted by Gasteiger charge is 2.13. The van der Waals surface area contributed by atoms with Gasteiger partial charge in [0.2, 0.25) is 0 Å². The molecule has 26 heavy (non-hydrogen) atoms. The summed E-state index contributed by atoms with van der Waals surface area (Å²) in [6, 6.07) is 23.5. The Morgan fingerprint density at radius 1 is 0.885 bits per heavy atom. The molecule has 0 fully saturated rings. The molecule has 0 amide bonds. The number of quaternary nitrogens is 1. The van der Waals surface area contributed by atoms with Crippen molar-refractivity contribution in [3.8, 4) is 22.4 Å². The molecule has 0 bridgehead atoms. The molecule has 2 aromatic carbocycles. The van der Waals surface area contributed by atoms with Crippen molar-refractivity contribution < 1.29 is 5.73 Å². The zero-order chi connectivity index (χ0) is 18.1. The fourth-order valence-electron chi connectivity index (χ4n) is 3.26. The van der Waals surface area contributed by atoms with E-state index in [0.717, 1.165) is 39.0 Å². The first kappa shape index (κ1) is 16.4. The van der Waals surface area contributed by atoms with Gasteiger partial charge in [-0.2, -0.15) is 0 Å². The molecule has 4 aromatic rings. The van der Waals surface area contributed by atoms with Crippen LogP contribution in [0.3, 0.4) is 0 Å². The van der Waals surface area contributed by atoms with Crippen molar-refractivity contribution in [2.24, 2.45) is 0 Å². The summed E-state index contributed by atoms with van der Waals surface area (Å²) < 4.78 is 0. The zero-order valence-corrected chi connectivity index (χ0v) is 15.1. The van der Waals surface area contributed by atoms with E-state index >= 15 is 0 Å². The van der Waals surface area contributed by atoms with Gasteiger partial charge in [0.1, 0.15) is 6.04 Å². The van der Waals surface area contributed by atoms with Crippen LogP contribution in [0.5, 0.6) is 0 Å². The van der Waals surface area contributed by atoms with Gasteiger partial charge in [0.15, 0.2) is 0 Å². The summed E-state index contributed by atoms with van der Waals surface area (Å²) in [5.41, 5.74) is 11.7. The van der Waals surface area contributed by atoms with Crippen LogP contribution >= 0.6 is 0 Å². The van der Waals surface area contributed by atoms with Crippen LogP contribution in [0.2, 0.25) is 0 Å². The highest BCUT2D eigenvalue weighted by molar-refractivity contribution is 5.92. The zero-order valence-electron chi connectivity index (χ0n) is 15.1. The molecular weight excluding hydrogens is 318 g/mol. The maximum atomic E-state index is 5.00. The summed E-state index contributed by atoms with van der Waals surface area (Å²) in [5.74, 6) is 0. The number of rotatable bonds is 3. The molecule has 3 heteroatoms. The molecule has 0 aliphatic carbocycles. The lowest BCUT2D eigenvalue weighted by atomic mass is 9.96. The number of hydrogen-bond acceptors (Lipinski definition) is 2. The average molecular weight is 340 g/mol. The molecule has 3 N–H and O–H groups in total. The second kappa shape index (κ2) is 6.70. The minimum atomic E-state index is 0.274. The van der Waals surface area contributed by atoms with E-state index in [-0.39, 0.29) is 6.04 Å². The third kappa shape index (κ3) is 2.98. The molecule has 1 atom stereocenters. The fraction of sp³-hybridized carbons (Fsp3) is 0.130. The Labute approximate surface area is 153 Å². The number of pyridine rings is 2. The molecule has 0 saturated carbocycles. The minimum Gasteiger partial charge on any atom is -0.352 e. The first-order valence-electron chi connectivity index (χ1n) is 8.88. The number of fused-ring (bicyclic) bond motifs is 1. The summed E-state index contributed by atoms with van der Waals surface area (Å²) in [7, 11) is 0. The van der Waals surface area contributed by atoms with Gasteiger partial charge in [-0.25, -0.2) is 4.98 Å². The first-order valence-corrected chi connectivity index (χ1v) is 8.88. The summed E-state index contributed by atoms with van der Waals surface area (Å²) in [4.78, 5) is 9.43. The quantitative estimate of drug-likeness (QED) is 0.594. The molecule has 0 radical (unpaired) electrons. The van der Waals surface area contributed by atoms with E-state index in [4.69, 9.17) is 4.98 Å². The van der Waals surface area contributed by atoms with Gasteiger partial charge in [0.05, 0.1) is 11.2 Å². The van der Waals surface area contributed by atoms with Crippen molar-refractivity contribution >= 4 is 10.9 Å². The molecule has 0 saturated heterocycles. The summed E-state index contributed by atoms with van der Waals surface area (Å²) in [6.07, 6.45) is 1.82. The highest BCUT2D eigenvalue weighted by atomic mass is 14.7. The van der Waals surface area contributed by atoms with Gasteiger partial charge in [0.25, 0.3) is 0 Å². The van der Waals surface area contributed by atoms with E-state index in [0.29, 0.717) is 0 Å². The van der Waals surface area contributed by atoms with Gasteiger partial charge in [-0.05, 0) is 31.5 Å². The highest BCUT2D eigenvalue weighted by Crippen LogP contribution is 2.34. The standard InChI is InChI=1S/C23H21N3/c1-15(24)17-8-10-19(11-9-17)23-21(18-6-4-3-5-7-18)14-20-16(2)25-13-12-22(20)26-23/h3-15H,24H2,1-2H3/p+1. The Bertz CT molecular complexity index is 1050. The minimum absolute atomic E-state index is 0.274. The Balaban J connectivity index is 1.97. The van der Waals surface area contributed by atoms with Gasteiger partial charge in [0, 0.05) is 34.0 Å². The summed E-state index contributed by atoms with van der Waals surface area (Å²) in [6.45, 7) is 4.14. The molecule has 1 unspecified atom stereocenters. The smallest absolute Gasteiger partial charge is 0.107 e. The maximum Gasteiger partial charge on any atom is 0.107 e. The number of hydrogen-bond donors (Lipinski definition) is 1. The number of aromatic nitrogens is 2. The lowest BCUT2D eigenvalue weighted by molar-refractivity contribution is -0.420. The van der Waals surface area contributed by atoms with Crippen LogP contribution in [-0.4, -0.2) is 9.97 Å². The third-order valence-electron chi connectivity index (χ3n) is 4.78. The van der Waals surface area contributed by atoms with Gasteiger partial charge >= 0.3 is 0 Å².